The molecule has 0 saturated heterocycles. The number of halogens is 1. The molecule has 2 N–H and O–H groups in total. The summed E-state index contributed by atoms with van der Waals surface area (Å²) in [4.78, 5) is 12.2. The zero-order valence-electron chi connectivity index (χ0n) is 10.8. The normalized spacial score (nSPS) is 12.6. The SMILES string of the molecule is CCC(CC)C(C)Nc1nc(Cl)nc(NC)n1. The molecule has 0 aliphatic carbocycles. The average molecular weight is 258 g/mol. The number of aromatic nitrogens is 3. The van der Waals surface area contributed by atoms with Crippen molar-refractivity contribution in [3.8, 4) is 0 Å². The molecule has 0 aliphatic heterocycles. The van der Waals surface area contributed by atoms with Crippen molar-refractivity contribution in [2.45, 2.75) is 39.7 Å². The fourth-order valence-electron chi connectivity index (χ4n) is 1.84. The van der Waals surface area contributed by atoms with Gasteiger partial charge in [0.1, 0.15) is 0 Å². The molecule has 5 nitrogen and oxygen atoms in total. The Balaban J connectivity index is 2.76. The molecule has 0 amide bonds. The quantitative estimate of drug-likeness (QED) is 0.821. The van der Waals surface area contributed by atoms with Gasteiger partial charge >= 0.3 is 0 Å². The molecule has 1 aromatic rings. The van der Waals surface area contributed by atoms with Crippen LogP contribution in [0.25, 0.3) is 0 Å². The minimum Gasteiger partial charge on any atom is -0.357 e. The second-order valence-electron chi connectivity index (χ2n) is 4.01. The first-order chi connectivity index (χ1) is 8.10. The number of hydrogen-bond acceptors (Lipinski definition) is 5. The monoisotopic (exact) mass is 257 g/mol. The average Bonchev–Trinajstić information content (AvgIpc) is 2.29. The van der Waals surface area contributed by atoms with Gasteiger partial charge in [-0.1, -0.05) is 26.7 Å². The van der Waals surface area contributed by atoms with E-state index in [0.717, 1.165) is 12.8 Å². The van der Waals surface area contributed by atoms with Crippen molar-refractivity contribution in [2.24, 2.45) is 5.92 Å². The predicted molar refractivity (Wildman–Crippen MR) is 71.5 cm³/mol. The molecular weight excluding hydrogens is 238 g/mol. The van der Waals surface area contributed by atoms with Crippen molar-refractivity contribution in [1.29, 1.82) is 0 Å². The highest BCUT2D eigenvalue weighted by molar-refractivity contribution is 6.28. The summed E-state index contributed by atoms with van der Waals surface area (Å²) in [5.74, 6) is 1.60. The summed E-state index contributed by atoms with van der Waals surface area (Å²) in [7, 11) is 1.75. The molecule has 0 aliphatic rings. The Morgan fingerprint density at radius 1 is 1.12 bits per heavy atom. The lowest BCUT2D eigenvalue weighted by Crippen LogP contribution is -2.26. The lowest BCUT2D eigenvalue weighted by atomic mass is 9.96. The lowest BCUT2D eigenvalue weighted by molar-refractivity contribution is 0.436. The van der Waals surface area contributed by atoms with E-state index in [0.29, 0.717) is 23.9 Å². The van der Waals surface area contributed by atoms with Crippen LogP contribution in [-0.4, -0.2) is 28.0 Å². The van der Waals surface area contributed by atoms with E-state index in [1.54, 1.807) is 7.05 Å². The molecule has 1 heterocycles. The van der Waals surface area contributed by atoms with Crippen LogP contribution in [0.4, 0.5) is 11.9 Å². The Hall–Kier alpha value is -1.10. The summed E-state index contributed by atoms with van der Waals surface area (Å²) in [6, 6.07) is 0.313. The summed E-state index contributed by atoms with van der Waals surface area (Å²) in [5, 5.41) is 6.32. The van der Waals surface area contributed by atoms with Crippen LogP contribution in [0.1, 0.15) is 33.6 Å². The molecule has 1 aromatic heterocycles. The first-order valence-electron chi connectivity index (χ1n) is 5.96. The van der Waals surface area contributed by atoms with Crippen molar-refractivity contribution in [2.75, 3.05) is 17.7 Å². The summed E-state index contributed by atoms with van der Waals surface area (Å²) in [6.07, 6.45) is 2.25. The Bertz CT molecular complexity index is 354. The van der Waals surface area contributed by atoms with Crippen molar-refractivity contribution in [3.63, 3.8) is 0 Å². The molecular formula is C11H20ClN5. The largest absolute Gasteiger partial charge is 0.357 e. The van der Waals surface area contributed by atoms with Crippen LogP contribution < -0.4 is 10.6 Å². The summed E-state index contributed by atoms with van der Waals surface area (Å²) >= 11 is 5.82. The summed E-state index contributed by atoms with van der Waals surface area (Å²) in [6.45, 7) is 6.51. The number of nitrogens with zero attached hydrogens (tertiary/aromatic N) is 3. The van der Waals surface area contributed by atoms with Gasteiger partial charge in [0.15, 0.2) is 0 Å². The van der Waals surface area contributed by atoms with Crippen molar-refractivity contribution in [1.82, 2.24) is 15.0 Å². The van der Waals surface area contributed by atoms with E-state index in [2.05, 4.69) is 46.4 Å². The van der Waals surface area contributed by atoms with Gasteiger partial charge in [0, 0.05) is 13.1 Å². The molecule has 1 atom stereocenters. The molecule has 0 radical (unpaired) electrons. The number of rotatable bonds is 6. The zero-order valence-corrected chi connectivity index (χ0v) is 11.5. The van der Waals surface area contributed by atoms with Gasteiger partial charge in [-0.3, -0.25) is 0 Å². The van der Waals surface area contributed by atoms with Gasteiger partial charge < -0.3 is 10.6 Å². The van der Waals surface area contributed by atoms with E-state index in [1.807, 2.05) is 0 Å². The van der Waals surface area contributed by atoms with Crippen molar-refractivity contribution < 1.29 is 0 Å². The van der Waals surface area contributed by atoms with Crippen LogP contribution in [0.2, 0.25) is 5.28 Å². The van der Waals surface area contributed by atoms with E-state index in [9.17, 15) is 0 Å². The molecule has 96 valence electrons. The van der Waals surface area contributed by atoms with Crippen LogP contribution in [0.3, 0.4) is 0 Å². The van der Waals surface area contributed by atoms with Crippen LogP contribution >= 0.6 is 11.6 Å². The number of anilines is 2. The minimum atomic E-state index is 0.198. The maximum Gasteiger partial charge on any atom is 0.229 e. The van der Waals surface area contributed by atoms with Gasteiger partial charge in [0.2, 0.25) is 17.2 Å². The molecule has 17 heavy (non-hydrogen) atoms. The second kappa shape index (κ2) is 6.59. The predicted octanol–water partition coefficient (Wildman–Crippen LogP) is 2.80. The first-order valence-corrected chi connectivity index (χ1v) is 6.34. The maximum atomic E-state index is 5.82. The number of nitrogens with one attached hydrogen (secondary N) is 2. The summed E-state index contributed by atoms with van der Waals surface area (Å²) in [5.41, 5.74) is 0. The topological polar surface area (TPSA) is 62.7 Å². The Morgan fingerprint density at radius 3 is 2.24 bits per heavy atom. The molecule has 1 rings (SSSR count). The van der Waals surface area contributed by atoms with Crippen molar-refractivity contribution >= 4 is 23.5 Å². The van der Waals surface area contributed by atoms with Gasteiger partial charge in [0.05, 0.1) is 0 Å². The van der Waals surface area contributed by atoms with E-state index in [-0.39, 0.29) is 5.28 Å². The van der Waals surface area contributed by atoms with E-state index in [1.165, 1.54) is 0 Å². The molecule has 0 aromatic carbocycles. The van der Waals surface area contributed by atoms with Gasteiger partial charge in [-0.15, -0.1) is 0 Å². The minimum absolute atomic E-state index is 0.198. The van der Waals surface area contributed by atoms with Crippen LogP contribution in [0.5, 0.6) is 0 Å². The maximum absolute atomic E-state index is 5.82. The lowest BCUT2D eigenvalue weighted by Gasteiger charge is -2.22. The fraction of sp³-hybridized carbons (Fsp3) is 0.727. The molecule has 0 saturated carbocycles. The Kier molecular flexibility index (Phi) is 5.41. The second-order valence-corrected chi connectivity index (χ2v) is 4.35. The highest BCUT2D eigenvalue weighted by Crippen LogP contribution is 2.17. The molecule has 0 spiro atoms. The molecule has 0 fully saturated rings. The third-order valence-corrected chi connectivity index (χ3v) is 3.11. The van der Waals surface area contributed by atoms with Gasteiger partial charge in [-0.25, -0.2) is 0 Å². The fourth-order valence-corrected chi connectivity index (χ4v) is 2.00. The van der Waals surface area contributed by atoms with Gasteiger partial charge in [-0.2, -0.15) is 15.0 Å². The van der Waals surface area contributed by atoms with Crippen LogP contribution in [0, 0.1) is 5.92 Å². The van der Waals surface area contributed by atoms with E-state index >= 15 is 0 Å². The third-order valence-electron chi connectivity index (χ3n) is 2.94. The van der Waals surface area contributed by atoms with Gasteiger partial charge in [0.25, 0.3) is 0 Å². The Morgan fingerprint density at radius 2 is 1.71 bits per heavy atom. The first kappa shape index (κ1) is 14.0. The van der Waals surface area contributed by atoms with Crippen LogP contribution in [0.15, 0.2) is 0 Å². The highest BCUT2D eigenvalue weighted by atomic mass is 35.5. The van der Waals surface area contributed by atoms with Gasteiger partial charge in [-0.05, 0) is 24.4 Å². The third kappa shape index (κ3) is 4.00. The summed E-state index contributed by atoms with van der Waals surface area (Å²) < 4.78 is 0. The molecule has 6 heteroatoms. The zero-order chi connectivity index (χ0) is 12.8. The van der Waals surface area contributed by atoms with Crippen molar-refractivity contribution in [3.05, 3.63) is 5.28 Å². The molecule has 1 unspecified atom stereocenters. The standard InChI is InChI=1S/C11H20ClN5/c1-5-8(6-2)7(3)14-11-16-9(12)15-10(13-4)17-11/h7-8H,5-6H2,1-4H3,(H2,13,14,15,16,17). The van der Waals surface area contributed by atoms with E-state index < -0.39 is 0 Å². The highest BCUT2D eigenvalue weighted by Gasteiger charge is 2.15. The molecule has 0 bridgehead atoms. The van der Waals surface area contributed by atoms with Crippen LogP contribution in [-0.2, 0) is 0 Å². The Labute approximate surface area is 107 Å². The van der Waals surface area contributed by atoms with E-state index in [4.69, 9.17) is 11.6 Å². The number of hydrogen-bond donors (Lipinski definition) is 2. The smallest absolute Gasteiger partial charge is 0.229 e.